The molecule has 0 bridgehead atoms. The molecule has 7 atom stereocenters. The molecular weight excluding hydrogens is 340 g/mol. The van der Waals surface area contributed by atoms with E-state index >= 15 is 0 Å². The fourth-order valence-corrected chi connectivity index (χ4v) is 7.95. The second-order valence-corrected chi connectivity index (χ2v) is 9.54. The molecule has 0 aromatic carbocycles. The van der Waals surface area contributed by atoms with Crippen LogP contribution in [0, 0.1) is 35.0 Å². The molecule has 0 radical (unpaired) electrons. The summed E-state index contributed by atoms with van der Waals surface area (Å²) in [6.45, 7) is 2.40. The van der Waals surface area contributed by atoms with E-state index in [1.165, 1.54) is 5.57 Å². The van der Waals surface area contributed by atoms with Gasteiger partial charge in [0.15, 0.2) is 5.78 Å². The van der Waals surface area contributed by atoms with Crippen LogP contribution in [0.1, 0.15) is 58.3 Å². The predicted molar refractivity (Wildman–Crippen MR) is 101 cm³/mol. The third-order valence-electron chi connectivity index (χ3n) is 8.99. The van der Waals surface area contributed by atoms with E-state index < -0.39 is 5.60 Å². The summed E-state index contributed by atoms with van der Waals surface area (Å²) >= 11 is 0. The fraction of sp³-hybridized carbons (Fsp3) is 0.739. The first kappa shape index (κ1) is 17.7. The van der Waals surface area contributed by atoms with Gasteiger partial charge in [-0.25, -0.2) is 4.79 Å². The van der Waals surface area contributed by atoms with Gasteiger partial charge in [0, 0.05) is 30.4 Å². The normalized spacial score (nSPS) is 48.1. The van der Waals surface area contributed by atoms with Gasteiger partial charge < -0.3 is 9.84 Å². The number of hydrogen-bond acceptors (Lipinski definition) is 4. The Morgan fingerprint density at radius 2 is 2.04 bits per heavy atom. The Labute approximate surface area is 161 Å². The summed E-state index contributed by atoms with van der Waals surface area (Å²) in [4.78, 5) is 24.0. The number of ketones is 1. The molecule has 27 heavy (non-hydrogen) atoms. The van der Waals surface area contributed by atoms with Gasteiger partial charge in [0.2, 0.25) is 0 Å². The third-order valence-corrected chi connectivity index (χ3v) is 8.99. The van der Waals surface area contributed by atoms with Crippen LogP contribution in [-0.2, 0) is 14.3 Å². The molecule has 0 amide bonds. The lowest BCUT2D eigenvalue weighted by atomic mass is 9.48. The van der Waals surface area contributed by atoms with E-state index in [0.717, 1.165) is 44.9 Å². The van der Waals surface area contributed by atoms with Crippen LogP contribution in [0.3, 0.4) is 0 Å². The van der Waals surface area contributed by atoms with E-state index in [-0.39, 0.29) is 29.7 Å². The Morgan fingerprint density at radius 3 is 2.74 bits per heavy atom. The monoisotopic (exact) mass is 370 g/mol. The highest BCUT2D eigenvalue weighted by molar-refractivity contribution is 5.91. The van der Waals surface area contributed by atoms with Crippen LogP contribution in [0.15, 0.2) is 23.8 Å². The van der Waals surface area contributed by atoms with Gasteiger partial charge in [-0.05, 0) is 80.8 Å². The molecular formula is C23H30O4. The van der Waals surface area contributed by atoms with E-state index in [4.69, 9.17) is 4.74 Å². The van der Waals surface area contributed by atoms with Crippen LogP contribution in [0.4, 0.5) is 0 Å². The lowest BCUT2D eigenvalue weighted by molar-refractivity contribution is -0.165. The largest absolute Gasteiger partial charge is 0.451 e. The highest BCUT2D eigenvalue weighted by atomic mass is 16.6. The van der Waals surface area contributed by atoms with Crippen LogP contribution in [0.25, 0.3) is 0 Å². The molecule has 4 aliphatic carbocycles. The third kappa shape index (κ3) is 2.25. The predicted octanol–water partition coefficient (Wildman–Crippen LogP) is 3.59. The zero-order valence-corrected chi connectivity index (χ0v) is 16.2. The summed E-state index contributed by atoms with van der Waals surface area (Å²) in [5, 5.41) is 10.1. The van der Waals surface area contributed by atoms with E-state index in [2.05, 4.69) is 13.0 Å². The molecule has 146 valence electrons. The molecule has 3 fully saturated rings. The van der Waals surface area contributed by atoms with Crippen molar-refractivity contribution < 1.29 is 19.4 Å². The van der Waals surface area contributed by atoms with E-state index in [1.54, 1.807) is 6.08 Å². The maximum atomic E-state index is 12.0. The van der Waals surface area contributed by atoms with Crippen molar-refractivity contribution in [3.8, 4) is 0 Å². The molecule has 4 unspecified atom stereocenters. The minimum atomic E-state index is -0.401. The molecule has 0 aromatic rings. The first-order valence-electron chi connectivity index (χ1n) is 10.8. The van der Waals surface area contributed by atoms with Crippen molar-refractivity contribution >= 4 is 11.8 Å². The molecule has 0 saturated heterocycles. The van der Waals surface area contributed by atoms with Crippen molar-refractivity contribution in [1.82, 2.24) is 0 Å². The number of ether oxygens (including phenoxy) is 1. The van der Waals surface area contributed by atoms with E-state index in [1.807, 2.05) is 6.08 Å². The molecule has 0 aromatic heterocycles. The molecule has 1 aliphatic heterocycles. The van der Waals surface area contributed by atoms with Crippen LogP contribution >= 0.6 is 0 Å². The number of aliphatic hydroxyl groups is 1. The van der Waals surface area contributed by atoms with Crippen LogP contribution in [0.5, 0.6) is 0 Å². The van der Waals surface area contributed by atoms with Gasteiger partial charge in [-0.1, -0.05) is 12.5 Å². The van der Waals surface area contributed by atoms with Crippen LogP contribution < -0.4 is 0 Å². The second-order valence-electron chi connectivity index (χ2n) is 9.54. The van der Waals surface area contributed by atoms with Crippen molar-refractivity contribution in [2.75, 3.05) is 6.61 Å². The Bertz CT molecular complexity index is 737. The van der Waals surface area contributed by atoms with Crippen molar-refractivity contribution in [3.63, 3.8) is 0 Å². The van der Waals surface area contributed by atoms with Crippen LogP contribution in [0.2, 0.25) is 0 Å². The van der Waals surface area contributed by atoms with Crippen LogP contribution in [-0.4, -0.2) is 29.1 Å². The quantitative estimate of drug-likeness (QED) is 0.755. The van der Waals surface area contributed by atoms with Crippen molar-refractivity contribution in [3.05, 3.63) is 23.8 Å². The fourth-order valence-electron chi connectivity index (χ4n) is 7.95. The number of aliphatic hydroxyl groups excluding tert-OH is 1. The highest BCUT2D eigenvalue weighted by Crippen LogP contribution is 2.68. The summed E-state index contributed by atoms with van der Waals surface area (Å²) < 4.78 is 5.97. The number of esters is 1. The van der Waals surface area contributed by atoms with Gasteiger partial charge in [0.05, 0.1) is 0 Å². The van der Waals surface area contributed by atoms with Gasteiger partial charge in [-0.15, -0.1) is 0 Å². The number of fused-ring (bicyclic) bond motifs is 6. The zero-order valence-electron chi connectivity index (χ0n) is 16.2. The lowest BCUT2D eigenvalue weighted by Gasteiger charge is -2.57. The summed E-state index contributed by atoms with van der Waals surface area (Å²) in [6, 6.07) is 0. The maximum Gasteiger partial charge on any atom is 0.331 e. The molecule has 5 rings (SSSR count). The molecule has 4 nitrogen and oxygen atoms in total. The van der Waals surface area contributed by atoms with Crippen molar-refractivity contribution in [2.45, 2.75) is 63.9 Å². The average molecular weight is 370 g/mol. The van der Waals surface area contributed by atoms with Gasteiger partial charge in [-0.3, -0.25) is 4.79 Å². The lowest BCUT2D eigenvalue weighted by Crippen LogP contribution is -2.54. The molecule has 1 N–H and O–H groups in total. The average Bonchev–Trinajstić information content (AvgIpc) is 3.22. The summed E-state index contributed by atoms with van der Waals surface area (Å²) in [6.07, 6.45) is 13.5. The Morgan fingerprint density at radius 1 is 1.19 bits per heavy atom. The smallest absolute Gasteiger partial charge is 0.331 e. The number of hydrogen-bond donors (Lipinski definition) is 1. The summed E-state index contributed by atoms with van der Waals surface area (Å²) in [5.41, 5.74) is 0.878. The maximum absolute atomic E-state index is 12.0. The molecule has 1 heterocycles. The molecule has 3 saturated carbocycles. The minimum absolute atomic E-state index is 0.0442. The Hall–Kier alpha value is -1.42. The van der Waals surface area contributed by atoms with Gasteiger partial charge in [0.25, 0.3) is 0 Å². The standard InChI is InChI=1S/C23H30O4/c1-2-22-8-5-17-16-4-3-15(25)12-18(16)14(13-24)11-19(17)20(22)6-9-23(22)10-7-21(26)27-23/h7,10,12,14,16-17,19-20,24H,2-6,8-9,11,13H2,1H3/t14?,16-,17?,19?,20?,22+,23-/m1/s1. The number of carbonyl (C=O) groups is 2. The van der Waals surface area contributed by atoms with E-state index in [9.17, 15) is 14.7 Å². The van der Waals surface area contributed by atoms with Crippen molar-refractivity contribution in [2.24, 2.45) is 35.0 Å². The Kier molecular flexibility index (Phi) is 3.95. The van der Waals surface area contributed by atoms with Gasteiger partial charge >= 0.3 is 5.97 Å². The summed E-state index contributed by atoms with van der Waals surface area (Å²) in [5.74, 6) is 2.38. The van der Waals surface area contributed by atoms with Gasteiger partial charge in [-0.2, -0.15) is 0 Å². The zero-order chi connectivity index (χ0) is 18.8. The van der Waals surface area contributed by atoms with Crippen molar-refractivity contribution in [1.29, 1.82) is 0 Å². The topological polar surface area (TPSA) is 63.6 Å². The molecule has 5 aliphatic rings. The number of carbonyl (C=O) groups excluding carboxylic acids is 2. The summed E-state index contributed by atoms with van der Waals surface area (Å²) in [7, 11) is 0. The first-order valence-corrected chi connectivity index (χ1v) is 10.8. The second kappa shape index (κ2) is 6.04. The van der Waals surface area contributed by atoms with Gasteiger partial charge in [0.1, 0.15) is 5.60 Å². The highest BCUT2D eigenvalue weighted by Gasteiger charge is 2.66. The molecule has 4 heteroatoms. The number of rotatable bonds is 2. The molecule has 1 spiro atoms. The SMILES string of the molecule is CC[C@]12CCC3C(CC(CO)C4=CC(=O)CC[C@@H]43)C1CC[C@@]21C=CC(=O)O1. The minimum Gasteiger partial charge on any atom is -0.451 e. The Balaban J connectivity index is 1.52. The van der Waals surface area contributed by atoms with E-state index in [0.29, 0.717) is 30.1 Å². The first-order chi connectivity index (χ1) is 13.0.